The molecule has 0 radical (unpaired) electrons. The first-order valence-electron chi connectivity index (χ1n) is 7.66. The normalized spacial score (nSPS) is 12.6. The molecule has 2 rings (SSSR count). The average molecular weight is 306 g/mol. The van der Waals surface area contributed by atoms with Crippen molar-refractivity contribution in [3.05, 3.63) is 52.3 Å². The van der Waals surface area contributed by atoms with E-state index in [-0.39, 0.29) is 6.04 Å². The maximum absolute atomic E-state index is 5.97. The monoisotopic (exact) mass is 305 g/mol. The lowest BCUT2D eigenvalue weighted by Crippen LogP contribution is -2.26. The summed E-state index contributed by atoms with van der Waals surface area (Å²) < 4.78 is 2.10. The summed E-state index contributed by atoms with van der Waals surface area (Å²) in [5, 5.41) is 9.00. The Labute approximate surface area is 132 Å². The van der Waals surface area contributed by atoms with Crippen molar-refractivity contribution < 1.29 is 0 Å². The molecule has 1 aromatic heterocycles. The van der Waals surface area contributed by atoms with Gasteiger partial charge in [0.15, 0.2) is 0 Å². The highest BCUT2D eigenvalue weighted by Crippen LogP contribution is 2.21. The van der Waals surface area contributed by atoms with Crippen molar-refractivity contribution in [1.82, 2.24) is 15.1 Å². The van der Waals surface area contributed by atoms with Crippen LogP contribution in [0.1, 0.15) is 43.3 Å². The molecule has 0 aliphatic heterocycles. The van der Waals surface area contributed by atoms with Crippen molar-refractivity contribution in [2.75, 3.05) is 6.54 Å². The summed E-state index contributed by atoms with van der Waals surface area (Å²) in [5.74, 6) is 0. The molecule has 0 fully saturated rings. The Bertz CT molecular complexity index is 560. The summed E-state index contributed by atoms with van der Waals surface area (Å²) in [6, 6.07) is 10.6. The number of nitrogens with zero attached hydrogens (tertiary/aromatic N) is 2. The van der Waals surface area contributed by atoms with E-state index in [0.717, 1.165) is 36.6 Å². The summed E-state index contributed by atoms with van der Waals surface area (Å²) in [4.78, 5) is 0. The fraction of sp³-hybridized carbons (Fsp3) is 0.471. The first-order chi connectivity index (χ1) is 10.1. The number of nitrogens with one attached hydrogen (secondary N) is 1. The molecule has 114 valence electrons. The second-order valence-corrected chi connectivity index (χ2v) is 5.80. The van der Waals surface area contributed by atoms with Crippen LogP contribution in [0.25, 0.3) is 0 Å². The molecule has 4 heteroatoms. The van der Waals surface area contributed by atoms with Crippen LogP contribution in [0.15, 0.2) is 30.3 Å². The fourth-order valence-electron chi connectivity index (χ4n) is 2.56. The van der Waals surface area contributed by atoms with Crippen LogP contribution in [-0.2, 0) is 13.0 Å². The van der Waals surface area contributed by atoms with Gasteiger partial charge in [0.1, 0.15) is 0 Å². The SMILES string of the molecule is CCCNC(Cc1ccc(Cl)cc1)c1cc(C)nn1CC. The lowest BCUT2D eigenvalue weighted by atomic mass is 10.0. The molecule has 1 N–H and O–H groups in total. The zero-order chi connectivity index (χ0) is 15.2. The summed E-state index contributed by atoms with van der Waals surface area (Å²) in [6.45, 7) is 8.28. The third-order valence-electron chi connectivity index (χ3n) is 3.58. The summed E-state index contributed by atoms with van der Waals surface area (Å²) in [5.41, 5.74) is 3.62. The van der Waals surface area contributed by atoms with Crippen LogP contribution in [-0.4, -0.2) is 16.3 Å². The van der Waals surface area contributed by atoms with E-state index in [2.05, 4.69) is 54.1 Å². The smallest absolute Gasteiger partial charge is 0.0597 e. The van der Waals surface area contributed by atoms with Crippen molar-refractivity contribution in [3.63, 3.8) is 0 Å². The van der Waals surface area contributed by atoms with Crippen LogP contribution in [0.4, 0.5) is 0 Å². The quantitative estimate of drug-likeness (QED) is 0.833. The lowest BCUT2D eigenvalue weighted by molar-refractivity contribution is 0.478. The minimum Gasteiger partial charge on any atom is -0.308 e. The predicted molar refractivity (Wildman–Crippen MR) is 88.8 cm³/mol. The summed E-state index contributed by atoms with van der Waals surface area (Å²) >= 11 is 5.97. The lowest BCUT2D eigenvalue weighted by Gasteiger charge is -2.20. The number of hydrogen-bond donors (Lipinski definition) is 1. The molecule has 2 aromatic rings. The van der Waals surface area contributed by atoms with Crippen molar-refractivity contribution in [2.45, 2.75) is 46.2 Å². The Balaban J connectivity index is 2.22. The third kappa shape index (κ3) is 4.32. The predicted octanol–water partition coefficient (Wildman–Crippen LogP) is 4.15. The number of benzene rings is 1. The van der Waals surface area contributed by atoms with Crippen molar-refractivity contribution >= 4 is 11.6 Å². The molecule has 1 aromatic carbocycles. The molecular formula is C17H24ClN3. The van der Waals surface area contributed by atoms with Crippen LogP contribution in [0.3, 0.4) is 0 Å². The third-order valence-corrected chi connectivity index (χ3v) is 3.84. The molecule has 0 aliphatic carbocycles. The van der Waals surface area contributed by atoms with Crippen LogP contribution in [0.2, 0.25) is 5.02 Å². The minimum absolute atomic E-state index is 0.285. The maximum atomic E-state index is 5.97. The van der Waals surface area contributed by atoms with Gasteiger partial charge in [-0.15, -0.1) is 0 Å². The molecule has 21 heavy (non-hydrogen) atoms. The molecule has 0 aliphatic rings. The Morgan fingerprint density at radius 2 is 1.95 bits per heavy atom. The number of rotatable bonds is 7. The van der Waals surface area contributed by atoms with Gasteiger partial charge in [-0.05, 0) is 57.0 Å². The molecule has 1 heterocycles. The van der Waals surface area contributed by atoms with Gasteiger partial charge in [-0.1, -0.05) is 30.7 Å². The highest BCUT2D eigenvalue weighted by atomic mass is 35.5. The van der Waals surface area contributed by atoms with E-state index in [1.807, 2.05) is 12.1 Å². The molecule has 3 nitrogen and oxygen atoms in total. The Kier molecular flexibility index (Phi) is 5.83. The molecule has 1 unspecified atom stereocenters. The van der Waals surface area contributed by atoms with Gasteiger partial charge in [0.25, 0.3) is 0 Å². The van der Waals surface area contributed by atoms with E-state index in [9.17, 15) is 0 Å². The standard InChI is InChI=1S/C17H24ClN3/c1-4-10-19-16(12-14-6-8-15(18)9-7-14)17-11-13(3)20-21(17)5-2/h6-9,11,16,19H,4-5,10,12H2,1-3H3. The number of halogens is 1. The van der Waals surface area contributed by atoms with Crippen LogP contribution in [0.5, 0.6) is 0 Å². The topological polar surface area (TPSA) is 29.9 Å². The van der Waals surface area contributed by atoms with Gasteiger partial charge in [-0.2, -0.15) is 5.10 Å². The molecule has 1 atom stereocenters. The minimum atomic E-state index is 0.285. The van der Waals surface area contributed by atoms with Crippen LogP contribution >= 0.6 is 11.6 Å². The highest BCUT2D eigenvalue weighted by molar-refractivity contribution is 6.30. The second kappa shape index (κ2) is 7.62. The largest absolute Gasteiger partial charge is 0.308 e. The second-order valence-electron chi connectivity index (χ2n) is 5.36. The van der Waals surface area contributed by atoms with E-state index in [0.29, 0.717) is 0 Å². The van der Waals surface area contributed by atoms with Crippen molar-refractivity contribution in [3.8, 4) is 0 Å². The van der Waals surface area contributed by atoms with Gasteiger partial charge in [0.2, 0.25) is 0 Å². The highest BCUT2D eigenvalue weighted by Gasteiger charge is 2.17. The molecule has 0 saturated carbocycles. The Morgan fingerprint density at radius 1 is 1.24 bits per heavy atom. The Hall–Kier alpha value is -1.32. The van der Waals surface area contributed by atoms with Crippen molar-refractivity contribution in [2.24, 2.45) is 0 Å². The maximum Gasteiger partial charge on any atom is 0.0597 e. The molecule has 0 saturated heterocycles. The van der Waals surface area contributed by atoms with Gasteiger partial charge in [0, 0.05) is 11.6 Å². The molecule has 0 amide bonds. The zero-order valence-electron chi connectivity index (χ0n) is 13.1. The van der Waals surface area contributed by atoms with E-state index in [1.54, 1.807) is 0 Å². The average Bonchev–Trinajstić information content (AvgIpc) is 2.86. The molecule has 0 bridgehead atoms. The number of aryl methyl sites for hydroxylation is 2. The van der Waals surface area contributed by atoms with Gasteiger partial charge in [0.05, 0.1) is 17.4 Å². The van der Waals surface area contributed by atoms with E-state index >= 15 is 0 Å². The first kappa shape index (κ1) is 16.1. The zero-order valence-corrected chi connectivity index (χ0v) is 13.8. The molecular weight excluding hydrogens is 282 g/mol. The number of aromatic nitrogens is 2. The van der Waals surface area contributed by atoms with E-state index in [1.165, 1.54) is 11.3 Å². The molecule has 0 spiro atoms. The van der Waals surface area contributed by atoms with E-state index in [4.69, 9.17) is 11.6 Å². The fourth-order valence-corrected chi connectivity index (χ4v) is 2.68. The van der Waals surface area contributed by atoms with Gasteiger partial charge < -0.3 is 5.32 Å². The first-order valence-corrected chi connectivity index (χ1v) is 8.04. The van der Waals surface area contributed by atoms with Gasteiger partial charge in [-0.3, -0.25) is 4.68 Å². The van der Waals surface area contributed by atoms with E-state index < -0.39 is 0 Å². The van der Waals surface area contributed by atoms with Crippen LogP contribution in [0, 0.1) is 6.92 Å². The van der Waals surface area contributed by atoms with Gasteiger partial charge >= 0.3 is 0 Å². The van der Waals surface area contributed by atoms with Gasteiger partial charge in [-0.25, -0.2) is 0 Å². The van der Waals surface area contributed by atoms with Crippen molar-refractivity contribution in [1.29, 1.82) is 0 Å². The van der Waals surface area contributed by atoms with Crippen LogP contribution < -0.4 is 5.32 Å². The summed E-state index contributed by atoms with van der Waals surface area (Å²) in [7, 11) is 0. The summed E-state index contributed by atoms with van der Waals surface area (Å²) in [6.07, 6.45) is 2.07. The number of hydrogen-bond acceptors (Lipinski definition) is 2. The Morgan fingerprint density at radius 3 is 2.57 bits per heavy atom.